The highest BCUT2D eigenvalue weighted by Crippen LogP contribution is 2.57. The van der Waals surface area contributed by atoms with E-state index in [1.54, 1.807) is 0 Å². The summed E-state index contributed by atoms with van der Waals surface area (Å²) in [5.74, 6) is 0. The zero-order valence-corrected chi connectivity index (χ0v) is 14.6. The second kappa shape index (κ2) is 6.31. The average molecular weight is 312 g/mol. The smallest absolute Gasteiger partial charge is 0.206 e. The van der Waals surface area contributed by atoms with Gasteiger partial charge in [0.25, 0.3) is 0 Å². The van der Waals surface area contributed by atoms with Crippen LogP contribution in [0.15, 0.2) is 24.3 Å². The van der Waals surface area contributed by atoms with Crippen LogP contribution in [0.25, 0.3) is 0 Å². The van der Waals surface area contributed by atoms with E-state index in [4.69, 9.17) is 18.8 Å². The van der Waals surface area contributed by atoms with Crippen LogP contribution in [0.2, 0.25) is 0 Å². The van der Waals surface area contributed by atoms with Crippen molar-refractivity contribution in [1.29, 1.82) is 0 Å². The molecule has 0 radical (unpaired) electrons. The van der Waals surface area contributed by atoms with Gasteiger partial charge in [-0.25, -0.2) is 9.78 Å². The molecule has 0 amide bonds. The lowest BCUT2D eigenvalue weighted by atomic mass is 9.90. The molecular formula is C16H25O4P. The Kier molecular flexibility index (Phi) is 5.07. The Hall–Kier alpha value is -0.510. The second-order valence-electron chi connectivity index (χ2n) is 6.41. The molecule has 1 saturated heterocycles. The Morgan fingerprint density at radius 2 is 1.76 bits per heavy atom. The van der Waals surface area contributed by atoms with Gasteiger partial charge in [0, 0.05) is 11.7 Å². The van der Waals surface area contributed by atoms with Crippen molar-refractivity contribution in [3.8, 4) is 0 Å². The summed E-state index contributed by atoms with van der Waals surface area (Å²) in [6.45, 7) is 10.3. The zero-order chi connectivity index (χ0) is 15.7. The SMILES string of the molecule is COOC(C)Cc1cccc(P2OC(C)(C)C(C)(C)O2)c1. The van der Waals surface area contributed by atoms with E-state index in [9.17, 15) is 0 Å². The van der Waals surface area contributed by atoms with Gasteiger partial charge in [-0.05, 0) is 52.3 Å². The summed E-state index contributed by atoms with van der Waals surface area (Å²) >= 11 is 0. The molecule has 1 aromatic carbocycles. The molecule has 1 atom stereocenters. The topological polar surface area (TPSA) is 36.9 Å². The minimum Gasteiger partial charge on any atom is -0.321 e. The molecule has 1 aliphatic heterocycles. The zero-order valence-electron chi connectivity index (χ0n) is 13.7. The highest BCUT2D eigenvalue weighted by molar-refractivity contribution is 7.56. The van der Waals surface area contributed by atoms with Crippen molar-refractivity contribution in [2.75, 3.05) is 7.11 Å². The molecule has 0 aliphatic carbocycles. The number of hydrogen-bond donors (Lipinski definition) is 0. The van der Waals surface area contributed by atoms with Crippen molar-refractivity contribution in [3.63, 3.8) is 0 Å². The second-order valence-corrected chi connectivity index (χ2v) is 7.80. The van der Waals surface area contributed by atoms with E-state index >= 15 is 0 Å². The summed E-state index contributed by atoms with van der Waals surface area (Å²) in [4.78, 5) is 9.84. The Morgan fingerprint density at radius 3 is 2.33 bits per heavy atom. The molecule has 2 rings (SSSR count). The monoisotopic (exact) mass is 312 g/mol. The largest absolute Gasteiger partial charge is 0.321 e. The number of benzene rings is 1. The third-order valence-corrected chi connectivity index (χ3v) is 5.92. The summed E-state index contributed by atoms with van der Waals surface area (Å²) in [5, 5.41) is 1.10. The highest BCUT2D eigenvalue weighted by Gasteiger charge is 2.50. The van der Waals surface area contributed by atoms with Crippen LogP contribution in [0.4, 0.5) is 0 Å². The summed E-state index contributed by atoms with van der Waals surface area (Å²) in [7, 11) is 0.491. The maximum absolute atomic E-state index is 6.14. The fourth-order valence-electron chi connectivity index (χ4n) is 2.09. The van der Waals surface area contributed by atoms with E-state index in [-0.39, 0.29) is 17.3 Å². The lowest BCUT2D eigenvalue weighted by Gasteiger charge is -2.29. The van der Waals surface area contributed by atoms with E-state index in [0.717, 1.165) is 11.7 Å². The van der Waals surface area contributed by atoms with Crippen LogP contribution < -0.4 is 5.30 Å². The van der Waals surface area contributed by atoms with Crippen LogP contribution >= 0.6 is 8.38 Å². The molecule has 0 spiro atoms. The molecule has 5 heteroatoms. The maximum Gasteiger partial charge on any atom is 0.206 e. The first-order valence-corrected chi connectivity index (χ1v) is 8.40. The molecule has 21 heavy (non-hydrogen) atoms. The van der Waals surface area contributed by atoms with Gasteiger partial charge in [0.15, 0.2) is 0 Å². The minimum atomic E-state index is -1.04. The van der Waals surface area contributed by atoms with Gasteiger partial charge in [0.2, 0.25) is 8.38 Å². The van der Waals surface area contributed by atoms with Crippen molar-refractivity contribution in [3.05, 3.63) is 29.8 Å². The van der Waals surface area contributed by atoms with Crippen molar-refractivity contribution >= 4 is 13.7 Å². The minimum absolute atomic E-state index is 0.0105. The molecule has 1 aromatic rings. The lowest BCUT2D eigenvalue weighted by Crippen LogP contribution is -2.41. The number of rotatable bonds is 5. The molecule has 0 N–H and O–H groups in total. The van der Waals surface area contributed by atoms with Gasteiger partial charge in [-0.2, -0.15) is 0 Å². The third kappa shape index (κ3) is 3.82. The molecule has 4 nitrogen and oxygen atoms in total. The summed E-state index contributed by atoms with van der Waals surface area (Å²) in [6, 6.07) is 8.32. The summed E-state index contributed by atoms with van der Waals surface area (Å²) in [5.41, 5.74) is 0.608. The van der Waals surface area contributed by atoms with Gasteiger partial charge in [-0.15, -0.1) is 0 Å². The van der Waals surface area contributed by atoms with Crippen LogP contribution in [0.1, 0.15) is 40.2 Å². The van der Waals surface area contributed by atoms with E-state index in [0.29, 0.717) is 0 Å². The van der Waals surface area contributed by atoms with Crippen molar-refractivity contribution in [2.24, 2.45) is 0 Å². The predicted octanol–water partition coefficient (Wildman–Crippen LogP) is 3.74. The lowest BCUT2D eigenvalue weighted by molar-refractivity contribution is -0.300. The number of hydrogen-bond acceptors (Lipinski definition) is 4. The van der Waals surface area contributed by atoms with Gasteiger partial charge in [-0.3, -0.25) is 0 Å². The summed E-state index contributed by atoms with van der Waals surface area (Å²) < 4.78 is 12.3. The quantitative estimate of drug-likeness (QED) is 0.471. The molecule has 1 fully saturated rings. The van der Waals surface area contributed by atoms with E-state index < -0.39 is 8.38 Å². The molecule has 1 unspecified atom stereocenters. The molecule has 1 aliphatic rings. The fraction of sp³-hybridized carbons (Fsp3) is 0.625. The third-order valence-electron chi connectivity index (χ3n) is 3.98. The van der Waals surface area contributed by atoms with Crippen LogP contribution in [-0.2, 0) is 25.2 Å². The Labute approximate surface area is 128 Å². The maximum atomic E-state index is 6.14. The van der Waals surface area contributed by atoms with E-state index in [1.165, 1.54) is 12.7 Å². The van der Waals surface area contributed by atoms with Crippen molar-refractivity contribution < 1.29 is 18.8 Å². The molecule has 0 aromatic heterocycles. The van der Waals surface area contributed by atoms with Crippen LogP contribution in [0, 0.1) is 0 Å². The first-order valence-electron chi connectivity index (χ1n) is 7.22. The van der Waals surface area contributed by atoms with Gasteiger partial charge < -0.3 is 9.05 Å². The van der Waals surface area contributed by atoms with Crippen LogP contribution in [-0.4, -0.2) is 24.4 Å². The molecule has 0 saturated carbocycles. The van der Waals surface area contributed by atoms with Gasteiger partial charge in [0.1, 0.15) is 0 Å². The normalized spacial score (nSPS) is 22.4. The van der Waals surface area contributed by atoms with Crippen LogP contribution in [0.3, 0.4) is 0 Å². The predicted molar refractivity (Wildman–Crippen MR) is 84.6 cm³/mol. The fourth-order valence-corrected chi connectivity index (χ4v) is 4.08. The van der Waals surface area contributed by atoms with Gasteiger partial charge in [0.05, 0.1) is 24.4 Å². The molecule has 1 heterocycles. The van der Waals surface area contributed by atoms with E-state index in [2.05, 4.69) is 45.9 Å². The molecule has 118 valence electrons. The average Bonchev–Trinajstić information content (AvgIpc) is 2.59. The van der Waals surface area contributed by atoms with Crippen molar-refractivity contribution in [2.45, 2.75) is 58.3 Å². The van der Waals surface area contributed by atoms with Crippen molar-refractivity contribution in [1.82, 2.24) is 0 Å². The first-order chi connectivity index (χ1) is 9.75. The van der Waals surface area contributed by atoms with Crippen LogP contribution in [0.5, 0.6) is 0 Å². The summed E-state index contributed by atoms with van der Waals surface area (Å²) in [6.07, 6.45) is 0.800. The molecule has 0 bridgehead atoms. The van der Waals surface area contributed by atoms with Gasteiger partial charge >= 0.3 is 0 Å². The Morgan fingerprint density at radius 1 is 1.14 bits per heavy atom. The van der Waals surface area contributed by atoms with Gasteiger partial charge in [-0.1, -0.05) is 12.1 Å². The Balaban J connectivity index is 2.12. The first kappa shape index (κ1) is 16.9. The highest BCUT2D eigenvalue weighted by atomic mass is 31.2. The molecular weight excluding hydrogens is 287 g/mol. The van der Waals surface area contributed by atoms with E-state index in [1.807, 2.05) is 13.0 Å². The standard InChI is InChI=1S/C16H25O4P/c1-12(18-17-6)10-13-8-7-9-14(11-13)21-19-15(2,3)16(4,5)20-21/h7-9,11-12H,10H2,1-6H3. The Bertz CT molecular complexity index is 471.